The molecule has 2 rings (SSSR count). The third kappa shape index (κ3) is 3.77. The van der Waals surface area contributed by atoms with Gasteiger partial charge in [0.25, 0.3) is 0 Å². The van der Waals surface area contributed by atoms with Crippen LogP contribution in [-0.2, 0) is 12.8 Å². The molecule has 1 aromatic heterocycles. The number of nitrogens with one attached hydrogen (secondary N) is 1. The van der Waals surface area contributed by atoms with Crippen molar-refractivity contribution in [1.82, 2.24) is 10.3 Å². The number of aliphatic hydroxyl groups is 1. The standard InChI is InChI=1S/C15H26N2OS/c1-10(2)12(8-9-18)16-11(3)15-17-13-6-4-5-7-14(13)19-15/h10-12,16,18H,4-9H2,1-3H3. The Kier molecular flexibility index (Phi) is 5.37. The van der Waals surface area contributed by atoms with Crippen LogP contribution in [0.3, 0.4) is 0 Å². The molecule has 0 amide bonds. The van der Waals surface area contributed by atoms with Gasteiger partial charge in [-0.2, -0.15) is 0 Å². The quantitative estimate of drug-likeness (QED) is 0.843. The maximum Gasteiger partial charge on any atom is 0.110 e. The Morgan fingerprint density at radius 3 is 2.63 bits per heavy atom. The minimum atomic E-state index is 0.247. The van der Waals surface area contributed by atoms with Crippen LogP contribution in [0, 0.1) is 5.92 Å². The normalized spacial score (nSPS) is 18.4. The van der Waals surface area contributed by atoms with Crippen molar-refractivity contribution < 1.29 is 5.11 Å². The summed E-state index contributed by atoms with van der Waals surface area (Å²) in [7, 11) is 0. The van der Waals surface area contributed by atoms with Gasteiger partial charge in [-0.25, -0.2) is 4.98 Å². The van der Waals surface area contributed by atoms with Crippen LogP contribution in [0.15, 0.2) is 0 Å². The predicted octanol–water partition coefficient (Wildman–Crippen LogP) is 3.08. The predicted molar refractivity (Wildman–Crippen MR) is 80.6 cm³/mol. The fourth-order valence-electron chi connectivity index (χ4n) is 2.70. The lowest BCUT2D eigenvalue weighted by atomic mass is 10.0. The maximum atomic E-state index is 9.15. The smallest absolute Gasteiger partial charge is 0.110 e. The maximum absolute atomic E-state index is 9.15. The van der Waals surface area contributed by atoms with E-state index < -0.39 is 0 Å². The molecular weight excluding hydrogens is 256 g/mol. The van der Waals surface area contributed by atoms with Crippen LogP contribution in [0.4, 0.5) is 0 Å². The van der Waals surface area contributed by atoms with Crippen molar-refractivity contribution in [3.63, 3.8) is 0 Å². The van der Waals surface area contributed by atoms with Gasteiger partial charge in [-0.1, -0.05) is 13.8 Å². The highest BCUT2D eigenvalue weighted by Crippen LogP contribution is 2.30. The van der Waals surface area contributed by atoms with Crippen LogP contribution in [0.1, 0.15) is 61.7 Å². The summed E-state index contributed by atoms with van der Waals surface area (Å²) in [5.74, 6) is 0.532. The zero-order chi connectivity index (χ0) is 13.8. The van der Waals surface area contributed by atoms with E-state index >= 15 is 0 Å². The van der Waals surface area contributed by atoms with Gasteiger partial charge in [-0.05, 0) is 44.9 Å². The van der Waals surface area contributed by atoms with E-state index in [1.165, 1.54) is 34.8 Å². The lowest BCUT2D eigenvalue weighted by Gasteiger charge is -2.25. The van der Waals surface area contributed by atoms with Gasteiger partial charge in [0, 0.05) is 17.5 Å². The fourth-order valence-corrected chi connectivity index (χ4v) is 3.86. The number of aliphatic hydroxyl groups excluding tert-OH is 1. The van der Waals surface area contributed by atoms with Crippen molar-refractivity contribution in [1.29, 1.82) is 0 Å². The molecule has 2 atom stereocenters. The van der Waals surface area contributed by atoms with E-state index in [1.807, 2.05) is 11.3 Å². The minimum absolute atomic E-state index is 0.247. The van der Waals surface area contributed by atoms with Crippen molar-refractivity contribution in [3.8, 4) is 0 Å². The first-order valence-electron chi connectivity index (χ1n) is 7.47. The number of rotatable bonds is 6. The van der Waals surface area contributed by atoms with Gasteiger partial charge in [0.2, 0.25) is 0 Å². The van der Waals surface area contributed by atoms with E-state index in [0.29, 0.717) is 12.0 Å². The highest BCUT2D eigenvalue weighted by Gasteiger charge is 2.21. The van der Waals surface area contributed by atoms with Crippen molar-refractivity contribution in [2.45, 2.75) is 65.0 Å². The Hall–Kier alpha value is -0.450. The molecule has 108 valence electrons. The van der Waals surface area contributed by atoms with Crippen LogP contribution in [-0.4, -0.2) is 22.7 Å². The second-order valence-electron chi connectivity index (χ2n) is 5.88. The average molecular weight is 282 g/mol. The number of hydrogen-bond acceptors (Lipinski definition) is 4. The second kappa shape index (κ2) is 6.82. The number of hydrogen-bond donors (Lipinski definition) is 2. The van der Waals surface area contributed by atoms with Crippen LogP contribution < -0.4 is 5.32 Å². The van der Waals surface area contributed by atoms with Crippen molar-refractivity contribution in [2.24, 2.45) is 5.92 Å². The second-order valence-corrected chi connectivity index (χ2v) is 7.00. The summed E-state index contributed by atoms with van der Waals surface area (Å²) >= 11 is 1.88. The molecule has 3 nitrogen and oxygen atoms in total. The molecule has 0 bridgehead atoms. The first-order valence-corrected chi connectivity index (χ1v) is 8.28. The SMILES string of the molecule is CC(NC(CCO)C(C)C)c1nc2c(s1)CCCC2. The Balaban J connectivity index is 2.02. The lowest BCUT2D eigenvalue weighted by Crippen LogP contribution is -2.36. The van der Waals surface area contributed by atoms with Crippen LogP contribution >= 0.6 is 11.3 Å². The molecule has 1 aromatic rings. The summed E-state index contributed by atoms with van der Waals surface area (Å²) in [6.45, 7) is 6.84. The van der Waals surface area contributed by atoms with Crippen LogP contribution in [0.2, 0.25) is 0 Å². The molecule has 1 heterocycles. The van der Waals surface area contributed by atoms with Crippen LogP contribution in [0.25, 0.3) is 0 Å². The van der Waals surface area contributed by atoms with Gasteiger partial charge < -0.3 is 10.4 Å². The molecule has 0 radical (unpaired) electrons. The molecule has 0 spiro atoms. The molecule has 0 fully saturated rings. The van der Waals surface area contributed by atoms with Crippen molar-refractivity contribution in [3.05, 3.63) is 15.6 Å². The van der Waals surface area contributed by atoms with Gasteiger partial charge in [0.1, 0.15) is 5.01 Å². The van der Waals surface area contributed by atoms with E-state index in [0.717, 1.165) is 12.8 Å². The third-order valence-corrected chi connectivity index (χ3v) is 5.28. The fraction of sp³-hybridized carbons (Fsp3) is 0.800. The van der Waals surface area contributed by atoms with Crippen molar-refractivity contribution >= 4 is 11.3 Å². The molecule has 4 heteroatoms. The van der Waals surface area contributed by atoms with Crippen LogP contribution in [0.5, 0.6) is 0 Å². The number of aromatic nitrogens is 1. The molecule has 0 saturated carbocycles. The van der Waals surface area contributed by atoms with E-state index in [1.54, 1.807) is 0 Å². The van der Waals surface area contributed by atoms with Crippen molar-refractivity contribution in [2.75, 3.05) is 6.61 Å². The van der Waals surface area contributed by atoms with E-state index in [-0.39, 0.29) is 12.6 Å². The zero-order valence-corrected chi connectivity index (χ0v) is 13.1. The molecule has 1 aliphatic rings. The van der Waals surface area contributed by atoms with Gasteiger partial charge in [0.15, 0.2) is 0 Å². The van der Waals surface area contributed by atoms with E-state index in [9.17, 15) is 0 Å². The number of thiazole rings is 1. The highest BCUT2D eigenvalue weighted by atomic mass is 32.1. The minimum Gasteiger partial charge on any atom is -0.396 e. The Bertz CT molecular complexity index is 379. The molecule has 1 aliphatic carbocycles. The average Bonchev–Trinajstić information content (AvgIpc) is 2.81. The Morgan fingerprint density at radius 2 is 2.00 bits per heavy atom. The number of aryl methyl sites for hydroxylation is 2. The summed E-state index contributed by atoms with van der Waals surface area (Å²) in [6, 6.07) is 0.649. The summed E-state index contributed by atoms with van der Waals surface area (Å²) in [5.41, 5.74) is 1.34. The summed E-state index contributed by atoms with van der Waals surface area (Å²) in [4.78, 5) is 6.32. The van der Waals surface area contributed by atoms with E-state index in [2.05, 4.69) is 26.1 Å². The monoisotopic (exact) mass is 282 g/mol. The highest BCUT2D eigenvalue weighted by molar-refractivity contribution is 7.11. The third-order valence-electron chi connectivity index (χ3n) is 3.94. The lowest BCUT2D eigenvalue weighted by molar-refractivity contribution is 0.237. The first kappa shape index (κ1) is 14.9. The number of nitrogens with zero attached hydrogens (tertiary/aromatic N) is 1. The van der Waals surface area contributed by atoms with Gasteiger partial charge in [0.05, 0.1) is 11.7 Å². The summed E-state index contributed by atoms with van der Waals surface area (Å²) in [6.07, 6.45) is 5.78. The Labute approximate surface area is 120 Å². The molecule has 0 saturated heterocycles. The van der Waals surface area contributed by atoms with Gasteiger partial charge in [-0.15, -0.1) is 11.3 Å². The molecule has 19 heavy (non-hydrogen) atoms. The molecular formula is C15H26N2OS. The van der Waals surface area contributed by atoms with E-state index in [4.69, 9.17) is 10.1 Å². The molecule has 0 aliphatic heterocycles. The molecule has 0 aromatic carbocycles. The largest absolute Gasteiger partial charge is 0.396 e. The summed E-state index contributed by atoms with van der Waals surface area (Å²) < 4.78 is 0. The molecule has 2 unspecified atom stereocenters. The zero-order valence-electron chi connectivity index (χ0n) is 12.3. The van der Waals surface area contributed by atoms with Gasteiger partial charge in [-0.3, -0.25) is 0 Å². The Morgan fingerprint density at radius 1 is 1.26 bits per heavy atom. The molecule has 2 N–H and O–H groups in total. The summed E-state index contributed by atoms with van der Waals surface area (Å²) in [5, 5.41) is 14.0. The number of fused-ring (bicyclic) bond motifs is 1. The van der Waals surface area contributed by atoms with Gasteiger partial charge >= 0.3 is 0 Å². The topological polar surface area (TPSA) is 45.1 Å². The first-order chi connectivity index (χ1) is 9.11.